The van der Waals surface area contributed by atoms with E-state index in [1.807, 2.05) is 12.1 Å². The van der Waals surface area contributed by atoms with Crippen molar-refractivity contribution in [1.82, 2.24) is 19.4 Å². The molecule has 10 nitrogen and oxygen atoms in total. The van der Waals surface area contributed by atoms with E-state index < -0.39 is 6.17 Å². The number of alkyl halides is 1. The van der Waals surface area contributed by atoms with Crippen molar-refractivity contribution in [1.29, 1.82) is 0 Å². The predicted molar refractivity (Wildman–Crippen MR) is 114 cm³/mol. The molecule has 3 atom stereocenters. The number of amides is 1. The number of likely N-dealkylation sites (tertiary alicyclic amines) is 1. The molecular formula is C21H25FN6O4. The number of piperidine rings is 1. The number of nitrogens with two attached hydrogens (primary N) is 1. The Morgan fingerprint density at radius 3 is 2.69 bits per heavy atom. The van der Waals surface area contributed by atoms with Crippen molar-refractivity contribution in [2.75, 3.05) is 36.8 Å². The van der Waals surface area contributed by atoms with Gasteiger partial charge in [-0.05, 0) is 37.0 Å². The van der Waals surface area contributed by atoms with Crippen LogP contribution in [0.1, 0.15) is 34.8 Å². The first-order chi connectivity index (χ1) is 15.4. The lowest BCUT2D eigenvalue weighted by Gasteiger charge is -2.43. The average molecular weight is 444 g/mol. The maximum atomic E-state index is 13.5. The average Bonchev–Trinajstić information content (AvgIpc) is 3.21. The molecule has 2 bridgehead atoms. The molecule has 0 unspecified atom stereocenters. The van der Waals surface area contributed by atoms with Gasteiger partial charge in [-0.25, -0.2) is 9.37 Å². The number of anilines is 2. The highest BCUT2D eigenvalue weighted by Crippen LogP contribution is 2.36. The summed E-state index contributed by atoms with van der Waals surface area (Å²) in [4.78, 5) is 46.1. The second-order valence-corrected chi connectivity index (χ2v) is 8.31. The lowest BCUT2D eigenvalue weighted by atomic mass is 9.83. The van der Waals surface area contributed by atoms with Crippen LogP contribution < -0.4 is 16.2 Å². The molecule has 32 heavy (non-hydrogen) atoms. The SMILES string of the molecule is Nc1nccc(N2C[C@@H]3C[C@H](C2)c2ccc(C(=O)N4CC[C@H](F)C4)c(=O)n2C3)n1.O=CO. The van der Waals surface area contributed by atoms with Crippen molar-refractivity contribution < 1.29 is 19.1 Å². The summed E-state index contributed by atoms with van der Waals surface area (Å²) in [6.45, 7) is 2.25. The Hall–Kier alpha value is -3.50. The summed E-state index contributed by atoms with van der Waals surface area (Å²) in [6, 6.07) is 5.35. The van der Waals surface area contributed by atoms with Crippen molar-refractivity contribution >= 4 is 24.1 Å². The number of rotatable bonds is 2. The van der Waals surface area contributed by atoms with Gasteiger partial charge in [-0.15, -0.1) is 0 Å². The highest BCUT2D eigenvalue weighted by atomic mass is 19.1. The number of hydrogen-bond donors (Lipinski definition) is 2. The molecule has 3 aliphatic rings. The minimum atomic E-state index is -1.000. The van der Waals surface area contributed by atoms with Crippen molar-refractivity contribution in [3.63, 3.8) is 0 Å². The van der Waals surface area contributed by atoms with Crippen molar-refractivity contribution in [3.8, 4) is 0 Å². The van der Waals surface area contributed by atoms with Crippen LogP contribution in [-0.4, -0.2) is 69.3 Å². The number of carbonyl (C=O) groups is 2. The molecule has 11 heteroatoms. The van der Waals surface area contributed by atoms with Crippen molar-refractivity contribution in [2.24, 2.45) is 5.92 Å². The third kappa shape index (κ3) is 4.14. The molecule has 1 amide bonds. The van der Waals surface area contributed by atoms with Crippen molar-refractivity contribution in [3.05, 3.63) is 46.0 Å². The molecule has 0 spiro atoms. The number of nitrogen functional groups attached to an aromatic ring is 1. The van der Waals surface area contributed by atoms with Gasteiger partial charge in [0.25, 0.3) is 17.9 Å². The summed E-state index contributed by atoms with van der Waals surface area (Å²) in [7, 11) is 0. The molecule has 0 aromatic carbocycles. The fourth-order valence-corrected chi connectivity index (χ4v) is 4.91. The topological polar surface area (TPSA) is 135 Å². The Kier molecular flexibility index (Phi) is 6.06. The first kappa shape index (κ1) is 21.7. The summed E-state index contributed by atoms with van der Waals surface area (Å²) >= 11 is 0. The van der Waals surface area contributed by atoms with Gasteiger partial charge in [0.1, 0.15) is 17.6 Å². The Morgan fingerprint density at radius 1 is 1.22 bits per heavy atom. The Bertz CT molecular complexity index is 1080. The Balaban J connectivity index is 0.000000775. The van der Waals surface area contributed by atoms with E-state index in [-0.39, 0.29) is 47.8 Å². The minimum Gasteiger partial charge on any atom is -0.483 e. The van der Waals surface area contributed by atoms with Gasteiger partial charge in [0.15, 0.2) is 0 Å². The quantitative estimate of drug-likeness (QED) is 0.648. The van der Waals surface area contributed by atoms with Gasteiger partial charge in [0.05, 0.1) is 6.54 Å². The van der Waals surface area contributed by atoms with Crippen LogP contribution in [0.3, 0.4) is 0 Å². The molecule has 0 saturated carbocycles. The maximum Gasteiger partial charge on any atom is 0.290 e. The number of aromatic nitrogens is 3. The predicted octanol–water partition coefficient (Wildman–Crippen LogP) is 0.729. The van der Waals surface area contributed by atoms with Crippen LogP contribution in [0.2, 0.25) is 0 Å². The zero-order chi connectivity index (χ0) is 22.8. The molecule has 3 N–H and O–H groups in total. The minimum absolute atomic E-state index is 0.0717. The number of fused-ring (bicyclic) bond motifs is 4. The van der Waals surface area contributed by atoms with Crippen LogP contribution >= 0.6 is 0 Å². The number of hydrogen-bond acceptors (Lipinski definition) is 7. The van der Waals surface area contributed by atoms with Gasteiger partial charge in [-0.2, -0.15) is 4.98 Å². The van der Waals surface area contributed by atoms with Crippen LogP contribution in [0, 0.1) is 5.92 Å². The van der Waals surface area contributed by atoms with E-state index in [9.17, 15) is 14.0 Å². The molecule has 5 rings (SSSR count). The second kappa shape index (κ2) is 8.93. The van der Waals surface area contributed by atoms with Gasteiger partial charge in [-0.3, -0.25) is 14.4 Å². The molecule has 0 aliphatic carbocycles. The van der Waals surface area contributed by atoms with Crippen LogP contribution in [-0.2, 0) is 11.3 Å². The third-order valence-corrected chi connectivity index (χ3v) is 6.24. The van der Waals surface area contributed by atoms with Gasteiger partial charge < -0.3 is 25.2 Å². The van der Waals surface area contributed by atoms with Gasteiger partial charge >= 0.3 is 0 Å². The zero-order valence-electron chi connectivity index (χ0n) is 17.4. The fraction of sp³-hybridized carbons (Fsp3) is 0.476. The molecule has 0 radical (unpaired) electrons. The number of halogens is 1. The lowest BCUT2D eigenvalue weighted by molar-refractivity contribution is -0.122. The largest absolute Gasteiger partial charge is 0.483 e. The molecule has 2 aromatic heterocycles. The molecule has 2 fully saturated rings. The first-order valence-electron chi connectivity index (χ1n) is 10.5. The van der Waals surface area contributed by atoms with E-state index in [1.165, 1.54) is 4.90 Å². The number of nitrogens with zero attached hydrogens (tertiary/aromatic N) is 5. The number of pyridine rings is 1. The molecule has 170 valence electrons. The molecular weight excluding hydrogens is 419 g/mol. The summed E-state index contributed by atoms with van der Waals surface area (Å²) < 4.78 is 15.2. The lowest BCUT2D eigenvalue weighted by Crippen LogP contribution is -2.48. The van der Waals surface area contributed by atoms with Crippen LogP contribution in [0.4, 0.5) is 16.2 Å². The molecule has 5 heterocycles. The van der Waals surface area contributed by atoms with E-state index >= 15 is 0 Å². The second-order valence-electron chi connectivity index (χ2n) is 8.31. The summed E-state index contributed by atoms with van der Waals surface area (Å²) in [5, 5.41) is 6.89. The zero-order valence-corrected chi connectivity index (χ0v) is 17.4. The van der Waals surface area contributed by atoms with Gasteiger partial charge in [0.2, 0.25) is 5.95 Å². The third-order valence-electron chi connectivity index (χ3n) is 6.24. The standard InChI is InChI=1S/C20H23FN6O2.CH2O2/c21-14-4-6-25(11-14)18(28)15-1-2-16-13-7-12(9-27(16)19(15)29)8-26(10-13)17-3-5-23-20(22)24-17;2-1-3/h1-3,5,12-14H,4,6-11H2,(H2,22,23,24);1H,(H,2,3)/t12-,13+,14-;/m0./s1. The van der Waals surface area contributed by atoms with Gasteiger partial charge in [-0.1, -0.05) is 0 Å². The van der Waals surface area contributed by atoms with Gasteiger partial charge in [0, 0.05) is 44.0 Å². The van der Waals surface area contributed by atoms with E-state index in [4.69, 9.17) is 15.6 Å². The normalized spacial score (nSPS) is 23.7. The van der Waals surface area contributed by atoms with E-state index in [2.05, 4.69) is 14.9 Å². The van der Waals surface area contributed by atoms with Crippen molar-refractivity contribution in [2.45, 2.75) is 31.5 Å². The highest BCUT2D eigenvalue weighted by Gasteiger charge is 2.36. The van der Waals surface area contributed by atoms with Crippen LogP contribution in [0.15, 0.2) is 29.2 Å². The smallest absolute Gasteiger partial charge is 0.290 e. The molecule has 2 saturated heterocycles. The highest BCUT2D eigenvalue weighted by molar-refractivity contribution is 5.94. The van der Waals surface area contributed by atoms with Crippen LogP contribution in [0.5, 0.6) is 0 Å². The maximum absolute atomic E-state index is 13.5. The number of carboxylic acid groups (broad SMARTS) is 1. The molecule has 3 aliphatic heterocycles. The summed E-state index contributed by atoms with van der Waals surface area (Å²) in [5.74, 6) is 1.14. The summed E-state index contributed by atoms with van der Waals surface area (Å²) in [6.07, 6.45) is 1.99. The van der Waals surface area contributed by atoms with E-state index in [1.54, 1.807) is 16.8 Å². The van der Waals surface area contributed by atoms with E-state index in [0.717, 1.165) is 31.0 Å². The fourth-order valence-electron chi connectivity index (χ4n) is 4.91. The number of carbonyl (C=O) groups excluding carboxylic acids is 1. The summed E-state index contributed by atoms with van der Waals surface area (Å²) in [5.41, 5.74) is 6.55. The Labute approximate surface area is 183 Å². The Morgan fingerprint density at radius 2 is 2.00 bits per heavy atom. The molecule has 2 aromatic rings. The monoisotopic (exact) mass is 444 g/mol. The van der Waals surface area contributed by atoms with E-state index in [0.29, 0.717) is 19.5 Å². The first-order valence-corrected chi connectivity index (χ1v) is 10.5. The van der Waals surface area contributed by atoms with Crippen LogP contribution in [0.25, 0.3) is 0 Å².